The predicted octanol–water partition coefficient (Wildman–Crippen LogP) is 1.87. The topological polar surface area (TPSA) is 94.2 Å². The highest BCUT2D eigenvalue weighted by Crippen LogP contribution is 2.29. The van der Waals surface area contributed by atoms with Gasteiger partial charge in [0.25, 0.3) is 5.69 Å². The molecule has 1 unspecified atom stereocenters. The molecule has 1 aromatic rings. The predicted molar refractivity (Wildman–Crippen MR) is 72.6 cm³/mol. The fourth-order valence-corrected chi connectivity index (χ4v) is 1.85. The highest BCUT2D eigenvalue weighted by molar-refractivity contribution is 6.11. The third-order valence-electron chi connectivity index (χ3n) is 2.88. The second-order valence-electron chi connectivity index (χ2n) is 4.08. The van der Waals surface area contributed by atoms with E-state index in [1.54, 1.807) is 19.1 Å². The number of non-ortho nitro benzene ring substituents is 1. The number of hydrogen-bond acceptors (Lipinski definition) is 6. The van der Waals surface area contributed by atoms with Gasteiger partial charge in [-0.1, -0.05) is 0 Å². The fraction of sp³-hybridized carbons (Fsp3) is 0.231. The maximum atomic E-state index is 11.1. The molecule has 1 atom stereocenters. The van der Waals surface area contributed by atoms with Crippen LogP contribution in [0.2, 0.25) is 0 Å². The van der Waals surface area contributed by atoms with E-state index in [9.17, 15) is 14.9 Å². The minimum absolute atomic E-state index is 0.0254. The zero-order chi connectivity index (χ0) is 14.7. The number of benzene rings is 1. The smallest absolute Gasteiger partial charge is 0.312 e. The van der Waals surface area contributed by atoms with E-state index in [0.29, 0.717) is 16.8 Å². The average molecular weight is 273 g/mol. The summed E-state index contributed by atoms with van der Waals surface area (Å²) in [5.74, 6) is 1.82. The lowest BCUT2D eigenvalue weighted by atomic mass is 9.96. The van der Waals surface area contributed by atoms with Crippen LogP contribution in [-0.4, -0.2) is 29.7 Å². The Bertz CT molecular complexity index is 655. The third kappa shape index (κ3) is 2.48. The van der Waals surface area contributed by atoms with Crippen LogP contribution in [0.4, 0.5) is 5.69 Å². The van der Waals surface area contributed by atoms with Gasteiger partial charge in [-0.3, -0.25) is 10.1 Å². The van der Waals surface area contributed by atoms with Crippen molar-refractivity contribution in [3.63, 3.8) is 0 Å². The van der Waals surface area contributed by atoms with Gasteiger partial charge in [0.1, 0.15) is 12.0 Å². The molecule has 1 aliphatic heterocycles. The van der Waals surface area contributed by atoms with E-state index in [0.717, 1.165) is 0 Å². The van der Waals surface area contributed by atoms with Crippen LogP contribution in [0.3, 0.4) is 0 Å². The normalized spacial score (nSPS) is 17.9. The van der Waals surface area contributed by atoms with E-state index < -0.39 is 11.0 Å². The Balaban J connectivity index is 2.44. The molecule has 102 valence electrons. The van der Waals surface area contributed by atoms with Crippen LogP contribution in [-0.2, 0) is 9.53 Å². The van der Waals surface area contributed by atoms with Gasteiger partial charge in [0.2, 0.25) is 0 Å². The molecule has 0 fully saturated rings. The van der Waals surface area contributed by atoms with Crippen LogP contribution < -0.4 is 0 Å². The first-order chi connectivity index (χ1) is 9.56. The minimum Gasteiger partial charge on any atom is -0.467 e. The third-order valence-corrected chi connectivity index (χ3v) is 2.88. The minimum atomic E-state index is -0.610. The number of hydrogen-bond donors (Lipinski definition) is 0. The molecule has 7 nitrogen and oxygen atoms in total. The maximum absolute atomic E-state index is 11.1. The second-order valence-corrected chi connectivity index (χ2v) is 4.08. The number of rotatable bonds is 2. The van der Waals surface area contributed by atoms with Crippen molar-refractivity contribution in [3.8, 4) is 0 Å². The molecule has 0 spiro atoms. The van der Waals surface area contributed by atoms with Crippen LogP contribution in [0.15, 0.2) is 39.8 Å². The number of methoxy groups -OCH3 is 1. The van der Waals surface area contributed by atoms with Crippen LogP contribution in [0.5, 0.6) is 0 Å². The summed E-state index contributed by atoms with van der Waals surface area (Å²) >= 11 is 0. The number of amidine groups is 1. The summed E-state index contributed by atoms with van der Waals surface area (Å²) in [5, 5.41) is 10.6. The first-order valence-electron chi connectivity index (χ1n) is 5.73. The van der Waals surface area contributed by atoms with Gasteiger partial charge in [-0.2, -0.15) is 4.99 Å². The molecule has 0 aromatic heterocycles. The molecular formula is C13H11N3O4. The van der Waals surface area contributed by atoms with Crippen LogP contribution in [0, 0.1) is 10.1 Å². The Labute approximate surface area is 114 Å². The summed E-state index contributed by atoms with van der Waals surface area (Å²) in [4.78, 5) is 29.4. The standard InChI is InChI=1S/C13H11N3O4/c1-8-11(7-17)12(15-13(14-8)20-2)9-3-5-10(6-4-9)16(18)19/h3-6,12H,1-2H3. The summed E-state index contributed by atoms with van der Waals surface area (Å²) in [6.07, 6.45) is 0. The zero-order valence-corrected chi connectivity index (χ0v) is 10.9. The van der Waals surface area contributed by atoms with Gasteiger partial charge in [-0.05, 0) is 24.6 Å². The number of nitro benzene ring substituents is 1. The van der Waals surface area contributed by atoms with Crippen molar-refractivity contribution in [1.29, 1.82) is 0 Å². The van der Waals surface area contributed by atoms with Crippen LogP contribution >= 0.6 is 0 Å². The van der Waals surface area contributed by atoms with Gasteiger partial charge in [0.15, 0.2) is 0 Å². The Hall–Kier alpha value is -2.79. The molecule has 0 N–H and O–H groups in total. The molecule has 0 bridgehead atoms. The SMILES string of the molecule is COC1=NC(c2ccc([N+](=O)[O-])cc2)C(=C=O)C(C)=N1. The molecule has 2 rings (SSSR count). The largest absolute Gasteiger partial charge is 0.467 e. The molecular weight excluding hydrogens is 262 g/mol. The van der Waals surface area contributed by atoms with E-state index in [4.69, 9.17) is 4.74 Å². The zero-order valence-electron chi connectivity index (χ0n) is 10.9. The number of ether oxygens (including phenoxy) is 1. The van der Waals surface area contributed by atoms with Crippen molar-refractivity contribution >= 4 is 23.4 Å². The molecule has 0 saturated heterocycles. The Morgan fingerprint density at radius 3 is 2.50 bits per heavy atom. The van der Waals surface area contributed by atoms with Gasteiger partial charge >= 0.3 is 6.02 Å². The summed E-state index contributed by atoms with van der Waals surface area (Å²) in [6.45, 7) is 1.66. The summed E-state index contributed by atoms with van der Waals surface area (Å²) in [6, 6.07) is 5.37. The van der Waals surface area contributed by atoms with Crippen molar-refractivity contribution in [1.82, 2.24) is 0 Å². The van der Waals surface area contributed by atoms with Gasteiger partial charge < -0.3 is 4.74 Å². The Morgan fingerprint density at radius 2 is 2.00 bits per heavy atom. The molecule has 1 aromatic carbocycles. The summed E-state index contributed by atoms with van der Waals surface area (Å²) in [5.41, 5.74) is 1.37. The molecule has 0 amide bonds. The molecule has 0 aliphatic carbocycles. The lowest BCUT2D eigenvalue weighted by molar-refractivity contribution is -0.384. The highest BCUT2D eigenvalue weighted by Gasteiger charge is 2.25. The summed E-state index contributed by atoms with van der Waals surface area (Å²) in [7, 11) is 1.43. The monoisotopic (exact) mass is 273 g/mol. The number of aliphatic imine (C=N–C) groups is 2. The fourth-order valence-electron chi connectivity index (χ4n) is 1.85. The van der Waals surface area contributed by atoms with Crippen molar-refractivity contribution < 1.29 is 14.5 Å². The molecule has 0 saturated carbocycles. The average Bonchev–Trinajstić information content (AvgIpc) is 2.46. The van der Waals surface area contributed by atoms with Gasteiger partial charge in [0, 0.05) is 12.1 Å². The highest BCUT2D eigenvalue weighted by atomic mass is 16.6. The van der Waals surface area contributed by atoms with Crippen molar-refractivity contribution in [3.05, 3.63) is 45.5 Å². The van der Waals surface area contributed by atoms with Crippen LogP contribution in [0.1, 0.15) is 18.5 Å². The van der Waals surface area contributed by atoms with Crippen molar-refractivity contribution in [2.45, 2.75) is 13.0 Å². The lowest BCUT2D eigenvalue weighted by Crippen LogP contribution is -2.18. The van der Waals surface area contributed by atoms with Gasteiger partial charge in [-0.15, -0.1) is 0 Å². The maximum Gasteiger partial charge on any atom is 0.312 e. The number of nitro groups is 1. The van der Waals surface area contributed by atoms with E-state index in [-0.39, 0.29) is 11.7 Å². The molecule has 1 heterocycles. The first kappa shape index (κ1) is 13.6. The van der Waals surface area contributed by atoms with E-state index >= 15 is 0 Å². The number of carbonyl (C=O) groups excluding carboxylic acids is 1. The Kier molecular flexibility index (Phi) is 3.72. The van der Waals surface area contributed by atoms with E-state index in [2.05, 4.69) is 9.98 Å². The summed E-state index contributed by atoms with van der Waals surface area (Å²) < 4.78 is 4.98. The van der Waals surface area contributed by atoms with Gasteiger partial charge in [0.05, 0.1) is 23.3 Å². The Morgan fingerprint density at radius 1 is 1.35 bits per heavy atom. The van der Waals surface area contributed by atoms with E-state index in [1.165, 1.54) is 19.2 Å². The molecule has 1 aliphatic rings. The molecule has 0 radical (unpaired) electrons. The lowest BCUT2D eigenvalue weighted by Gasteiger charge is -2.18. The molecule has 20 heavy (non-hydrogen) atoms. The second kappa shape index (κ2) is 5.46. The van der Waals surface area contributed by atoms with Crippen LogP contribution in [0.25, 0.3) is 0 Å². The first-order valence-corrected chi connectivity index (χ1v) is 5.73. The van der Waals surface area contributed by atoms with Crippen molar-refractivity contribution in [2.75, 3.05) is 7.11 Å². The molecule has 7 heteroatoms. The van der Waals surface area contributed by atoms with Gasteiger partial charge in [-0.25, -0.2) is 9.79 Å². The number of nitrogens with zero attached hydrogens (tertiary/aromatic N) is 3. The van der Waals surface area contributed by atoms with Crippen molar-refractivity contribution in [2.24, 2.45) is 9.98 Å². The van der Waals surface area contributed by atoms with E-state index in [1.807, 2.05) is 5.94 Å². The quantitative estimate of drug-likeness (QED) is 0.467.